The molecular weight excluding hydrogens is 182 g/mol. The molecule has 0 spiro atoms. The van der Waals surface area contributed by atoms with E-state index >= 15 is 0 Å². The first-order valence-corrected chi connectivity index (χ1v) is 6.84. The summed E-state index contributed by atoms with van der Waals surface area (Å²) < 4.78 is 0. The Labute approximate surface area is 95.0 Å². The van der Waals surface area contributed by atoms with Crippen molar-refractivity contribution in [2.24, 2.45) is 23.7 Å². The normalized spacial score (nSPS) is 45.8. The van der Waals surface area contributed by atoms with Crippen molar-refractivity contribution in [3.05, 3.63) is 0 Å². The molecule has 2 saturated carbocycles. The minimum atomic E-state index is 0.818. The SMILES string of the molecule is CC(C)C1CC(NC2CCC(C)C2C)C1. The van der Waals surface area contributed by atoms with Crippen molar-refractivity contribution in [2.45, 2.75) is 65.5 Å². The monoisotopic (exact) mass is 209 g/mol. The molecule has 1 nitrogen and oxygen atoms in total. The molecule has 1 heteroatoms. The Bertz CT molecular complexity index is 205. The first kappa shape index (κ1) is 11.4. The van der Waals surface area contributed by atoms with Crippen LogP contribution in [0.1, 0.15) is 53.4 Å². The lowest BCUT2D eigenvalue weighted by Crippen LogP contribution is -2.48. The van der Waals surface area contributed by atoms with Gasteiger partial charge >= 0.3 is 0 Å². The lowest BCUT2D eigenvalue weighted by molar-refractivity contribution is 0.149. The van der Waals surface area contributed by atoms with Crippen molar-refractivity contribution in [1.29, 1.82) is 0 Å². The van der Waals surface area contributed by atoms with Gasteiger partial charge in [0, 0.05) is 12.1 Å². The molecule has 2 aliphatic carbocycles. The average Bonchev–Trinajstić information content (AvgIpc) is 2.40. The summed E-state index contributed by atoms with van der Waals surface area (Å²) in [6.45, 7) is 9.56. The summed E-state index contributed by atoms with van der Waals surface area (Å²) >= 11 is 0. The molecule has 2 fully saturated rings. The smallest absolute Gasteiger partial charge is 0.00979 e. The Kier molecular flexibility index (Phi) is 3.39. The van der Waals surface area contributed by atoms with Gasteiger partial charge in [0.2, 0.25) is 0 Å². The van der Waals surface area contributed by atoms with E-state index in [0.717, 1.165) is 35.8 Å². The highest BCUT2D eigenvalue weighted by Crippen LogP contribution is 2.37. The van der Waals surface area contributed by atoms with Crippen LogP contribution in [0.3, 0.4) is 0 Å². The molecule has 3 unspecified atom stereocenters. The Morgan fingerprint density at radius 1 is 1.07 bits per heavy atom. The van der Waals surface area contributed by atoms with Gasteiger partial charge in [-0.3, -0.25) is 0 Å². The molecule has 0 aromatic heterocycles. The quantitative estimate of drug-likeness (QED) is 0.751. The van der Waals surface area contributed by atoms with E-state index in [2.05, 4.69) is 33.0 Å². The molecule has 2 rings (SSSR count). The van der Waals surface area contributed by atoms with E-state index in [0.29, 0.717) is 0 Å². The predicted octanol–water partition coefficient (Wildman–Crippen LogP) is 3.45. The van der Waals surface area contributed by atoms with Crippen LogP contribution in [0.15, 0.2) is 0 Å². The van der Waals surface area contributed by atoms with Crippen molar-refractivity contribution < 1.29 is 0 Å². The van der Waals surface area contributed by atoms with Gasteiger partial charge in [0.1, 0.15) is 0 Å². The topological polar surface area (TPSA) is 12.0 Å². The van der Waals surface area contributed by atoms with Gasteiger partial charge < -0.3 is 5.32 Å². The van der Waals surface area contributed by atoms with Gasteiger partial charge in [-0.1, -0.05) is 27.7 Å². The van der Waals surface area contributed by atoms with Crippen LogP contribution in [0, 0.1) is 23.7 Å². The zero-order valence-electron chi connectivity index (χ0n) is 10.8. The van der Waals surface area contributed by atoms with Gasteiger partial charge in [-0.05, 0) is 49.4 Å². The molecule has 0 radical (unpaired) electrons. The highest BCUT2D eigenvalue weighted by molar-refractivity contribution is 4.92. The maximum absolute atomic E-state index is 3.88. The van der Waals surface area contributed by atoms with Crippen molar-refractivity contribution in [3.8, 4) is 0 Å². The summed E-state index contributed by atoms with van der Waals surface area (Å²) in [5.41, 5.74) is 0. The predicted molar refractivity (Wildman–Crippen MR) is 65.8 cm³/mol. The van der Waals surface area contributed by atoms with Crippen LogP contribution < -0.4 is 5.32 Å². The molecule has 0 aromatic rings. The molecular formula is C14H27N. The summed E-state index contributed by atoms with van der Waals surface area (Å²) in [6, 6.07) is 1.66. The highest BCUT2D eigenvalue weighted by atomic mass is 15.0. The third kappa shape index (κ3) is 2.38. The number of hydrogen-bond acceptors (Lipinski definition) is 1. The Hall–Kier alpha value is -0.0400. The van der Waals surface area contributed by atoms with Crippen molar-refractivity contribution in [3.63, 3.8) is 0 Å². The first-order valence-electron chi connectivity index (χ1n) is 6.84. The van der Waals surface area contributed by atoms with Crippen LogP contribution in [0.5, 0.6) is 0 Å². The average molecular weight is 209 g/mol. The zero-order chi connectivity index (χ0) is 11.0. The van der Waals surface area contributed by atoms with Gasteiger partial charge in [-0.25, -0.2) is 0 Å². The highest BCUT2D eigenvalue weighted by Gasteiger charge is 2.36. The molecule has 0 aromatic carbocycles. The van der Waals surface area contributed by atoms with E-state index < -0.39 is 0 Å². The Morgan fingerprint density at radius 3 is 2.20 bits per heavy atom. The fourth-order valence-corrected chi connectivity index (χ4v) is 3.24. The number of hydrogen-bond donors (Lipinski definition) is 1. The second-order valence-electron chi connectivity index (χ2n) is 6.36. The molecule has 1 N–H and O–H groups in total. The largest absolute Gasteiger partial charge is 0.311 e. The standard InChI is InChI=1S/C14H27N/c1-9(2)12-7-13(8-12)15-14-6-5-10(3)11(14)4/h9-15H,5-8H2,1-4H3. The summed E-state index contributed by atoms with van der Waals surface area (Å²) in [4.78, 5) is 0. The van der Waals surface area contributed by atoms with Crippen LogP contribution >= 0.6 is 0 Å². The molecule has 15 heavy (non-hydrogen) atoms. The summed E-state index contributed by atoms with van der Waals surface area (Å²) in [5.74, 6) is 3.71. The van der Waals surface area contributed by atoms with E-state index in [1.165, 1.54) is 25.7 Å². The molecule has 0 aliphatic heterocycles. The van der Waals surface area contributed by atoms with Crippen LogP contribution in [-0.4, -0.2) is 12.1 Å². The minimum Gasteiger partial charge on any atom is -0.311 e. The molecule has 0 saturated heterocycles. The summed E-state index contributed by atoms with van der Waals surface area (Å²) in [6.07, 6.45) is 5.69. The summed E-state index contributed by atoms with van der Waals surface area (Å²) in [7, 11) is 0. The lowest BCUT2D eigenvalue weighted by Gasteiger charge is -2.41. The molecule has 0 heterocycles. The third-order valence-electron chi connectivity index (χ3n) is 5.03. The van der Waals surface area contributed by atoms with E-state index in [1.54, 1.807) is 0 Å². The second kappa shape index (κ2) is 4.45. The van der Waals surface area contributed by atoms with Crippen LogP contribution in [0.25, 0.3) is 0 Å². The Balaban J connectivity index is 1.71. The van der Waals surface area contributed by atoms with Crippen LogP contribution in [-0.2, 0) is 0 Å². The van der Waals surface area contributed by atoms with E-state index in [-0.39, 0.29) is 0 Å². The third-order valence-corrected chi connectivity index (χ3v) is 5.03. The van der Waals surface area contributed by atoms with E-state index in [9.17, 15) is 0 Å². The second-order valence-corrected chi connectivity index (χ2v) is 6.36. The van der Waals surface area contributed by atoms with E-state index in [1.807, 2.05) is 0 Å². The van der Waals surface area contributed by atoms with Gasteiger partial charge in [0.05, 0.1) is 0 Å². The van der Waals surface area contributed by atoms with E-state index in [4.69, 9.17) is 0 Å². The molecule has 2 aliphatic rings. The van der Waals surface area contributed by atoms with Crippen molar-refractivity contribution >= 4 is 0 Å². The fraction of sp³-hybridized carbons (Fsp3) is 1.00. The number of rotatable bonds is 3. The van der Waals surface area contributed by atoms with Gasteiger partial charge in [0.15, 0.2) is 0 Å². The fourth-order valence-electron chi connectivity index (χ4n) is 3.24. The van der Waals surface area contributed by atoms with Gasteiger partial charge in [-0.2, -0.15) is 0 Å². The van der Waals surface area contributed by atoms with Gasteiger partial charge in [-0.15, -0.1) is 0 Å². The van der Waals surface area contributed by atoms with Crippen molar-refractivity contribution in [1.82, 2.24) is 5.32 Å². The first-order chi connectivity index (χ1) is 7.08. The molecule has 3 atom stereocenters. The van der Waals surface area contributed by atoms with Crippen molar-refractivity contribution in [2.75, 3.05) is 0 Å². The maximum Gasteiger partial charge on any atom is 0.00979 e. The lowest BCUT2D eigenvalue weighted by atomic mass is 9.73. The van der Waals surface area contributed by atoms with Crippen LogP contribution in [0.2, 0.25) is 0 Å². The molecule has 88 valence electrons. The zero-order valence-corrected chi connectivity index (χ0v) is 10.8. The summed E-state index contributed by atoms with van der Waals surface area (Å²) in [5, 5.41) is 3.88. The van der Waals surface area contributed by atoms with Crippen LogP contribution in [0.4, 0.5) is 0 Å². The number of nitrogens with one attached hydrogen (secondary N) is 1. The molecule has 0 bridgehead atoms. The van der Waals surface area contributed by atoms with Gasteiger partial charge in [0.25, 0.3) is 0 Å². The maximum atomic E-state index is 3.88. The Morgan fingerprint density at radius 2 is 1.73 bits per heavy atom. The minimum absolute atomic E-state index is 0.818. The molecule has 0 amide bonds.